The molecule has 0 atom stereocenters. The fraction of sp³-hybridized carbons (Fsp3) is 0.286. The van der Waals surface area contributed by atoms with Crippen LogP contribution in [0, 0.1) is 5.41 Å². The van der Waals surface area contributed by atoms with E-state index >= 15 is 0 Å². The second-order valence-electron chi connectivity index (χ2n) is 7.34. The lowest BCUT2D eigenvalue weighted by Gasteiger charge is -2.18. The average molecular weight is 382 g/mol. The van der Waals surface area contributed by atoms with Crippen molar-refractivity contribution in [1.29, 1.82) is 0 Å². The van der Waals surface area contributed by atoms with Gasteiger partial charge < -0.3 is 21.3 Å². The summed E-state index contributed by atoms with van der Waals surface area (Å²) in [5, 5.41) is 11.2. The molecule has 2 rings (SSSR count). The summed E-state index contributed by atoms with van der Waals surface area (Å²) in [6.07, 6.45) is 0. The molecule has 0 radical (unpaired) electrons. The minimum absolute atomic E-state index is 0.0634. The first kappa shape index (κ1) is 21.0. The van der Waals surface area contributed by atoms with E-state index in [2.05, 4.69) is 21.3 Å². The molecule has 148 valence electrons. The number of rotatable bonds is 6. The third-order valence-electron chi connectivity index (χ3n) is 3.91. The Morgan fingerprint density at radius 3 is 2.11 bits per heavy atom. The highest BCUT2D eigenvalue weighted by atomic mass is 16.2. The Bertz CT molecular complexity index is 855. The molecular weight excluding hydrogens is 356 g/mol. The summed E-state index contributed by atoms with van der Waals surface area (Å²) < 4.78 is 0. The third-order valence-corrected chi connectivity index (χ3v) is 3.91. The van der Waals surface area contributed by atoms with Gasteiger partial charge in [-0.1, -0.05) is 26.8 Å². The molecule has 2 aromatic carbocycles. The van der Waals surface area contributed by atoms with Crippen molar-refractivity contribution in [3.8, 4) is 0 Å². The number of hydrogen-bond donors (Lipinski definition) is 4. The van der Waals surface area contributed by atoms with Gasteiger partial charge in [0.15, 0.2) is 0 Å². The van der Waals surface area contributed by atoms with E-state index < -0.39 is 5.41 Å². The molecule has 0 aliphatic carbocycles. The average Bonchev–Trinajstić information content (AvgIpc) is 2.66. The summed E-state index contributed by atoms with van der Waals surface area (Å²) in [4.78, 5) is 35.7. The van der Waals surface area contributed by atoms with E-state index in [1.54, 1.807) is 49.5 Å². The largest absolute Gasteiger partial charge is 0.376 e. The monoisotopic (exact) mass is 382 g/mol. The lowest BCUT2D eigenvalue weighted by atomic mass is 9.95. The van der Waals surface area contributed by atoms with Gasteiger partial charge in [0.2, 0.25) is 11.8 Å². The zero-order chi connectivity index (χ0) is 20.7. The smallest absolute Gasteiger partial charge is 0.251 e. The van der Waals surface area contributed by atoms with E-state index in [9.17, 15) is 14.4 Å². The predicted octanol–water partition coefficient (Wildman–Crippen LogP) is 3.08. The molecule has 0 aliphatic heterocycles. The van der Waals surface area contributed by atoms with Gasteiger partial charge in [-0.3, -0.25) is 14.4 Å². The third kappa shape index (κ3) is 6.12. The second-order valence-corrected chi connectivity index (χ2v) is 7.34. The van der Waals surface area contributed by atoms with E-state index in [1.807, 2.05) is 26.8 Å². The van der Waals surface area contributed by atoms with Gasteiger partial charge in [-0.25, -0.2) is 0 Å². The molecule has 3 amide bonds. The van der Waals surface area contributed by atoms with E-state index in [-0.39, 0.29) is 24.3 Å². The van der Waals surface area contributed by atoms with Gasteiger partial charge in [0, 0.05) is 35.1 Å². The molecule has 0 aliphatic rings. The van der Waals surface area contributed by atoms with Crippen molar-refractivity contribution in [2.24, 2.45) is 5.41 Å². The van der Waals surface area contributed by atoms with Crippen molar-refractivity contribution in [1.82, 2.24) is 5.32 Å². The molecule has 7 heteroatoms. The van der Waals surface area contributed by atoms with Gasteiger partial charge >= 0.3 is 0 Å². The van der Waals surface area contributed by atoms with Crippen molar-refractivity contribution in [2.75, 3.05) is 29.5 Å². The molecular formula is C21H26N4O3. The highest BCUT2D eigenvalue weighted by molar-refractivity contribution is 5.97. The normalized spacial score (nSPS) is 10.7. The number of nitrogens with one attached hydrogen (secondary N) is 4. The van der Waals surface area contributed by atoms with E-state index in [0.29, 0.717) is 16.9 Å². The molecule has 0 saturated carbocycles. The Morgan fingerprint density at radius 2 is 1.50 bits per heavy atom. The fourth-order valence-corrected chi connectivity index (χ4v) is 2.26. The summed E-state index contributed by atoms with van der Waals surface area (Å²) in [7, 11) is 1.56. The van der Waals surface area contributed by atoms with Crippen molar-refractivity contribution in [3.63, 3.8) is 0 Å². The number of carbonyl (C=O) groups is 3. The number of amides is 3. The van der Waals surface area contributed by atoms with Crippen LogP contribution in [0.15, 0.2) is 48.5 Å². The van der Waals surface area contributed by atoms with Crippen LogP contribution in [0.2, 0.25) is 0 Å². The molecule has 2 aromatic rings. The molecule has 0 spiro atoms. The molecule has 0 bridgehead atoms. The van der Waals surface area contributed by atoms with Crippen LogP contribution in [-0.4, -0.2) is 31.3 Å². The molecule has 0 heterocycles. The van der Waals surface area contributed by atoms with Crippen LogP contribution in [0.25, 0.3) is 0 Å². The Morgan fingerprint density at radius 1 is 0.857 bits per heavy atom. The van der Waals surface area contributed by atoms with Crippen molar-refractivity contribution in [2.45, 2.75) is 20.8 Å². The van der Waals surface area contributed by atoms with Crippen LogP contribution in [0.3, 0.4) is 0 Å². The molecule has 0 fully saturated rings. The predicted molar refractivity (Wildman–Crippen MR) is 111 cm³/mol. The van der Waals surface area contributed by atoms with Gasteiger partial charge in [0.1, 0.15) is 0 Å². The number of benzene rings is 2. The van der Waals surface area contributed by atoms with Crippen LogP contribution in [0.4, 0.5) is 17.1 Å². The maximum atomic E-state index is 12.1. The molecule has 28 heavy (non-hydrogen) atoms. The molecule has 0 unspecified atom stereocenters. The number of anilines is 3. The molecule has 4 N–H and O–H groups in total. The maximum Gasteiger partial charge on any atom is 0.251 e. The van der Waals surface area contributed by atoms with Crippen molar-refractivity contribution in [3.05, 3.63) is 54.1 Å². The van der Waals surface area contributed by atoms with Crippen LogP contribution in [0.5, 0.6) is 0 Å². The SMILES string of the molecule is CNC(=O)c1ccc(NC(=O)CNc2cccc(NC(=O)C(C)(C)C)c2)cc1. The second kappa shape index (κ2) is 9.03. The first-order valence-corrected chi connectivity index (χ1v) is 8.96. The van der Waals surface area contributed by atoms with Gasteiger partial charge in [-0.05, 0) is 42.5 Å². The molecule has 0 aromatic heterocycles. The Kier molecular flexibility index (Phi) is 6.76. The number of hydrogen-bond acceptors (Lipinski definition) is 4. The summed E-state index contributed by atoms with van der Waals surface area (Å²) in [5.74, 6) is -0.489. The van der Waals surface area contributed by atoms with Crippen molar-refractivity contribution < 1.29 is 14.4 Å². The first-order valence-electron chi connectivity index (χ1n) is 8.96. The van der Waals surface area contributed by atoms with E-state index in [0.717, 1.165) is 5.69 Å². The lowest BCUT2D eigenvalue weighted by molar-refractivity contribution is -0.123. The first-order chi connectivity index (χ1) is 13.2. The Balaban J connectivity index is 1.89. The minimum Gasteiger partial charge on any atom is -0.376 e. The van der Waals surface area contributed by atoms with E-state index in [4.69, 9.17) is 0 Å². The number of carbonyl (C=O) groups excluding carboxylic acids is 3. The van der Waals surface area contributed by atoms with Gasteiger partial charge in [-0.15, -0.1) is 0 Å². The van der Waals surface area contributed by atoms with Gasteiger partial charge in [0.25, 0.3) is 5.91 Å². The molecule has 7 nitrogen and oxygen atoms in total. The topological polar surface area (TPSA) is 99.3 Å². The summed E-state index contributed by atoms with van der Waals surface area (Å²) >= 11 is 0. The standard InChI is InChI=1S/C21H26N4O3/c1-21(2,3)20(28)25-17-7-5-6-16(12-17)23-13-18(26)24-15-10-8-14(9-11-15)19(27)22-4/h5-12,23H,13H2,1-4H3,(H,22,27)(H,24,26)(H,25,28). The van der Waals surface area contributed by atoms with Crippen LogP contribution in [0.1, 0.15) is 31.1 Å². The van der Waals surface area contributed by atoms with Crippen molar-refractivity contribution >= 4 is 34.8 Å². The Labute approximate surface area is 164 Å². The summed E-state index contributed by atoms with van der Waals surface area (Å²) in [5.41, 5.74) is 2.02. The highest BCUT2D eigenvalue weighted by Gasteiger charge is 2.21. The highest BCUT2D eigenvalue weighted by Crippen LogP contribution is 2.20. The van der Waals surface area contributed by atoms with Crippen LogP contribution >= 0.6 is 0 Å². The fourth-order valence-electron chi connectivity index (χ4n) is 2.26. The van der Waals surface area contributed by atoms with E-state index in [1.165, 1.54) is 0 Å². The van der Waals surface area contributed by atoms with Crippen LogP contribution in [-0.2, 0) is 9.59 Å². The maximum absolute atomic E-state index is 12.1. The minimum atomic E-state index is -0.489. The summed E-state index contributed by atoms with van der Waals surface area (Å²) in [6, 6.07) is 13.8. The molecule has 0 saturated heterocycles. The van der Waals surface area contributed by atoms with Crippen LogP contribution < -0.4 is 21.3 Å². The quantitative estimate of drug-likeness (QED) is 0.617. The lowest BCUT2D eigenvalue weighted by Crippen LogP contribution is -2.27. The zero-order valence-corrected chi connectivity index (χ0v) is 16.6. The van der Waals surface area contributed by atoms with Gasteiger partial charge in [0.05, 0.1) is 6.54 Å². The van der Waals surface area contributed by atoms with Gasteiger partial charge in [-0.2, -0.15) is 0 Å². The Hall–Kier alpha value is -3.35. The summed E-state index contributed by atoms with van der Waals surface area (Å²) in [6.45, 7) is 5.59. The zero-order valence-electron chi connectivity index (χ0n) is 16.6.